The molecule has 21 heavy (non-hydrogen) atoms. The summed E-state index contributed by atoms with van der Waals surface area (Å²) in [5.74, 6) is -0.379. The van der Waals surface area contributed by atoms with Crippen LogP contribution in [0.3, 0.4) is 0 Å². The van der Waals surface area contributed by atoms with Gasteiger partial charge in [-0.1, -0.05) is 16.8 Å². The minimum Gasteiger partial charge on any atom is -0.462 e. The Hall–Kier alpha value is -2.47. The van der Waals surface area contributed by atoms with Crippen LogP contribution in [0.4, 0.5) is 0 Å². The molecule has 0 spiro atoms. The summed E-state index contributed by atoms with van der Waals surface area (Å²) in [7, 11) is 0. The Kier molecular flexibility index (Phi) is 3.53. The molecule has 0 saturated heterocycles. The highest BCUT2D eigenvalue weighted by Crippen LogP contribution is 2.22. The lowest BCUT2D eigenvalue weighted by molar-refractivity contribution is 0.0526. The fraction of sp³-hybridized carbons (Fsp3) is 0.143. The Morgan fingerprint density at radius 1 is 1.38 bits per heavy atom. The molecule has 106 valence electrons. The van der Waals surface area contributed by atoms with Gasteiger partial charge in [-0.15, -0.1) is 5.10 Å². The number of aromatic nitrogens is 4. The van der Waals surface area contributed by atoms with Gasteiger partial charge < -0.3 is 4.74 Å². The SMILES string of the molecule is CCOC(=O)c1ccc2c(c1)nnn2-c1ccncc1Cl. The maximum Gasteiger partial charge on any atom is 0.338 e. The second kappa shape index (κ2) is 5.49. The summed E-state index contributed by atoms with van der Waals surface area (Å²) in [4.78, 5) is 15.7. The van der Waals surface area contributed by atoms with E-state index in [4.69, 9.17) is 16.3 Å². The topological polar surface area (TPSA) is 69.9 Å². The fourth-order valence-electron chi connectivity index (χ4n) is 1.98. The molecule has 2 heterocycles. The predicted octanol–water partition coefficient (Wildman–Crippen LogP) is 2.65. The van der Waals surface area contributed by atoms with Gasteiger partial charge in [-0.3, -0.25) is 4.98 Å². The molecule has 0 fully saturated rings. The number of nitrogens with zero attached hydrogens (tertiary/aromatic N) is 4. The molecule has 0 saturated carbocycles. The van der Waals surface area contributed by atoms with Crippen LogP contribution in [0.5, 0.6) is 0 Å². The van der Waals surface area contributed by atoms with Crippen molar-refractivity contribution in [3.63, 3.8) is 0 Å². The van der Waals surface area contributed by atoms with E-state index in [0.29, 0.717) is 28.4 Å². The molecule has 2 aromatic heterocycles. The Morgan fingerprint density at radius 3 is 3.00 bits per heavy atom. The number of ether oxygens (including phenoxy) is 1. The first-order valence-electron chi connectivity index (χ1n) is 6.33. The molecular weight excluding hydrogens is 292 g/mol. The molecule has 0 atom stereocenters. The summed E-state index contributed by atoms with van der Waals surface area (Å²) in [6.07, 6.45) is 3.17. The Bertz CT molecular complexity index is 816. The first-order chi connectivity index (χ1) is 10.2. The summed E-state index contributed by atoms with van der Waals surface area (Å²) in [6.45, 7) is 2.09. The zero-order valence-electron chi connectivity index (χ0n) is 11.2. The van der Waals surface area contributed by atoms with Gasteiger partial charge in [-0.25, -0.2) is 9.48 Å². The second-order valence-corrected chi connectivity index (χ2v) is 4.66. The third-order valence-electron chi connectivity index (χ3n) is 2.94. The summed E-state index contributed by atoms with van der Waals surface area (Å²) < 4.78 is 6.57. The first-order valence-corrected chi connectivity index (χ1v) is 6.71. The number of carbonyl (C=O) groups is 1. The van der Waals surface area contributed by atoms with E-state index in [0.717, 1.165) is 5.52 Å². The van der Waals surface area contributed by atoms with Crippen LogP contribution in [-0.2, 0) is 4.74 Å². The van der Waals surface area contributed by atoms with Gasteiger partial charge >= 0.3 is 5.97 Å². The van der Waals surface area contributed by atoms with Gasteiger partial charge in [0.2, 0.25) is 0 Å². The van der Waals surface area contributed by atoms with Crippen molar-refractivity contribution in [1.82, 2.24) is 20.0 Å². The fourth-order valence-corrected chi connectivity index (χ4v) is 2.18. The molecule has 0 aliphatic rings. The van der Waals surface area contributed by atoms with Crippen LogP contribution < -0.4 is 0 Å². The third kappa shape index (κ3) is 2.45. The van der Waals surface area contributed by atoms with Crippen molar-refractivity contribution >= 4 is 28.6 Å². The lowest BCUT2D eigenvalue weighted by Gasteiger charge is -2.04. The van der Waals surface area contributed by atoms with Crippen LogP contribution in [0.1, 0.15) is 17.3 Å². The van der Waals surface area contributed by atoms with Gasteiger partial charge in [0, 0.05) is 12.4 Å². The lowest BCUT2D eigenvalue weighted by Crippen LogP contribution is -2.04. The predicted molar refractivity (Wildman–Crippen MR) is 77.6 cm³/mol. The maximum absolute atomic E-state index is 11.7. The second-order valence-electron chi connectivity index (χ2n) is 4.25. The van der Waals surface area contributed by atoms with E-state index in [1.54, 1.807) is 42.1 Å². The van der Waals surface area contributed by atoms with Crippen molar-refractivity contribution in [2.75, 3.05) is 6.61 Å². The zero-order chi connectivity index (χ0) is 14.8. The molecule has 0 aliphatic carbocycles. The normalized spacial score (nSPS) is 10.8. The molecule has 3 rings (SSSR count). The summed E-state index contributed by atoms with van der Waals surface area (Å²) in [6, 6.07) is 6.83. The molecular formula is C14H11ClN4O2. The van der Waals surface area contributed by atoms with Crippen LogP contribution in [0.15, 0.2) is 36.7 Å². The van der Waals surface area contributed by atoms with Crippen LogP contribution >= 0.6 is 11.6 Å². The Balaban J connectivity index is 2.08. The Labute approximate surface area is 125 Å². The number of fused-ring (bicyclic) bond motifs is 1. The molecule has 0 bridgehead atoms. The molecule has 3 aromatic rings. The molecule has 0 N–H and O–H groups in total. The van der Waals surface area contributed by atoms with Crippen molar-refractivity contribution in [3.05, 3.63) is 47.2 Å². The van der Waals surface area contributed by atoms with E-state index >= 15 is 0 Å². The minimum absolute atomic E-state index is 0.330. The third-order valence-corrected chi connectivity index (χ3v) is 3.23. The van der Waals surface area contributed by atoms with Gasteiger partial charge in [-0.05, 0) is 31.2 Å². The van der Waals surface area contributed by atoms with Crippen LogP contribution in [0.2, 0.25) is 5.02 Å². The number of pyridine rings is 1. The maximum atomic E-state index is 11.7. The van der Waals surface area contributed by atoms with E-state index in [1.165, 1.54) is 6.20 Å². The molecule has 0 aliphatic heterocycles. The van der Waals surface area contributed by atoms with Gasteiger partial charge in [0.15, 0.2) is 0 Å². The van der Waals surface area contributed by atoms with Gasteiger partial charge in [0.1, 0.15) is 5.52 Å². The molecule has 7 heteroatoms. The monoisotopic (exact) mass is 302 g/mol. The standard InChI is InChI=1S/C14H11ClN4O2/c1-2-21-14(20)9-3-4-13-11(7-9)17-18-19(13)12-5-6-16-8-10(12)15/h3-8H,2H2,1H3. The van der Waals surface area contributed by atoms with E-state index in [2.05, 4.69) is 15.3 Å². The number of hydrogen-bond donors (Lipinski definition) is 0. The molecule has 1 aromatic carbocycles. The highest BCUT2D eigenvalue weighted by Gasteiger charge is 2.13. The van der Waals surface area contributed by atoms with E-state index < -0.39 is 0 Å². The Morgan fingerprint density at radius 2 is 2.24 bits per heavy atom. The van der Waals surface area contributed by atoms with E-state index in [9.17, 15) is 4.79 Å². The highest BCUT2D eigenvalue weighted by molar-refractivity contribution is 6.32. The number of rotatable bonds is 3. The van der Waals surface area contributed by atoms with Gasteiger partial charge in [0.05, 0.1) is 28.4 Å². The average Bonchev–Trinajstić information content (AvgIpc) is 2.91. The van der Waals surface area contributed by atoms with Crippen molar-refractivity contribution < 1.29 is 9.53 Å². The van der Waals surface area contributed by atoms with E-state index in [-0.39, 0.29) is 5.97 Å². The van der Waals surface area contributed by atoms with Crippen molar-refractivity contribution in [3.8, 4) is 5.69 Å². The van der Waals surface area contributed by atoms with Gasteiger partial charge in [0.25, 0.3) is 0 Å². The molecule has 6 nitrogen and oxygen atoms in total. The quantitative estimate of drug-likeness (QED) is 0.696. The number of carbonyl (C=O) groups excluding carboxylic acids is 1. The molecule has 0 unspecified atom stereocenters. The average molecular weight is 303 g/mol. The van der Waals surface area contributed by atoms with E-state index in [1.807, 2.05) is 0 Å². The smallest absolute Gasteiger partial charge is 0.338 e. The number of benzene rings is 1. The summed E-state index contributed by atoms with van der Waals surface area (Å²) in [5.41, 5.74) is 2.46. The highest BCUT2D eigenvalue weighted by atomic mass is 35.5. The van der Waals surface area contributed by atoms with Gasteiger partial charge in [-0.2, -0.15) is 0 Å². The number of hydrogen-bond acceptors (Lipinski definition) is 5. The van der Waals surface area contributed by atoms with Crippen LogP contribution in [0.25, 0.3) is 16.7 Å². The molecule has 0 radical (unpaired) electrons. The van der Waals surface area contributed by atoms with Crippen molar-refractivity contribution in [1.29, 1.82) is 0 Å². The summed E-state index contributed by atoms with van der Waals surface area (Å²) in [5, 5.41) is 8.61. The number of halogens is 1. The van der Waals surface area contributed by atoms with Crippen molar-refractivity contribution in [2.24, 2.45) is 0 Å². The lowest BCUT2D eigenvalue weighted by atomic mass is 10.2. The zero-order valence-corrected chi connectivity index (χ0v) is 11.9. The molecule has 0 amide bonds. The first kappa shape index (κ1) is 13.5. The largest absolute Gasteiger partial charge is 0.462 e. The minimum atomic E-state index is -0.379. The van der Waals surface area contributed by atoms with Crippen molar-refractivity contribution in [2.45, 2.75) is 6.92 Å². The summed E-state index contributed by atoms with van der Waals surface area (Å²) >= 11 is 6.11. The number of esters is 1. The van der Waals surface area contributed by atoms with Crippen LogP contribution in [0, 0.1) is 0 Å². The van der Waals surface area contributed by atoms with Crippen LogP contribution in [-0.4, -0.2) is 32.6 Å².